The summed E-state index contributed by atoms with van der Waals surface area (Å²) in [7, 11) is 1.55. The molecule has 1 saturated carbocycles. The molecular formula is C17H21N5O3. The molecule has 1 aliphatic carbocycles. The molecule has 0 bridgehead atoms. The lowest BCUT2D eigenvalue weighted by Gasteiger charge is -2.23. The number of ether oxygens (including phenoxy) is 1. The standard InChI is InChI=1S/C17H21N5O3/c1-11-6-7-14(25-2)13(8-11)18-16(23)10-22-9-15(20-21-22)19-17(24)12-4-3-5-12/h6-9,12H,3-5,10H2,1-2H3,(H,18,23)(H,19,24). The Bertz CT molecular complexity index is 782. The topological polar surface area (TPSA) is 98.1 Å². The third-order valence-electron chi connectivity index (χ3n) is 4.20. The highest BCUT2D eigenvalue weighted by atomic mass is 16.5. The van der Waals surface area contributed by atoms with Crippen LogP contribution in [0.5, 0.6) is 5.75 Å². The van der Waals surface area contributed by atoms with Crippen LogP contribution in [-0.2, 0) is 16.1 Å². The van der Waals surface area contributed by atoms with Gasteiger partial charge >= 0.3 is 0 Å². The van der Waals surface area contributed by atoms with Crippen LogP contribution in [0, 0.1) is 12.8 Å². The van der Waals surface area contributed by atoms with E-state index in [1.54, 1.807) is 19.4 Å². The molecule has 8 nitrogen and oxygen atoms in total. The summed E-state index contributed by atoms with van der Waals surface area (Å²) >= 11 is 0. The van der Waals surface area contributed by atoms with Gasteiger partial charge in [0.1, 0.15) is 12.3 Å². The summed E-state index contributed by atoms with van der Waals surface area (Å²) in [5, 5.41) is 13.3. The van der Waals surface area contributed by atoms with Crippen molar-refractivity contribution in [3.63, 3.8) is 0 Å². The Morgan fingerprint density at radius 1 is 1.32 bits per heavy atom. The highest BCUT2D eigenvalue weighted by Crippen LogP contribution is 2.27. The number of hydrogen-bond donors (Lipinski definition) is 2. The highest BCUT2D eigenvalue weighted by Gasteiger charge is 2.25. The molecule has 0 radical (unpaired) electrons. The van der Waals surface area contributed by atoms with Crippen LogP contribution in [0.15, 0.2) is 24.4 Å². The number of rotatable bonds is 6. The van der Waals surface area contributed by atoms with Crippen LogP contribution >= 0.6 is 0 Å². The number of hydrogen-bond acceptors (Lipinski definition) is 5. The molecule has 25 heavy (non-hydrogen) atoms. The molecule has 1 aliphatic rings. The summed E-state index contributed by atoms with van der Waals surface area (Å²) in [6.07, 6.45) is 4.47. The van der Waals surface area contributed by atoms with Crippen molar-refractivity contribution < 1.29 is 14.3 Å². The van der Waals surface area contributed by atoms with Crippen molar-refractivity contribution in [3.8, 4) is 5.75 Å². The second-order valence-electron chi connectivity index (χ2n) is 6.17. The van der Waals surface area contributed by atoms with Crippen molar-refractivity contribution in [3.05, 3.63) is 30.0 Å². The SMILES string of the molecule is COc1ccc(C)cc1NC(=O)Cn1cc(NC(=O)C2CCC2)nn1. The third kappa shape index (κ3) is 4.14. The third-order valence-corrected chi connectivity index (χ3v) is 4.20. The first-order chi connectivity index (χ1) is 12.0. The van der Waals surface area contributed by atoms with Gasteiger partial charge in [-0.2, -0.15) is 0 Å². The molecular weight excluding hydrogens is 322 g/mol. The fourth-order valence-corrected chi connectivity index (χ4v) is 2.59. The highest BCUT2D eigenvalue weighted by molar-refractivity contribution is 5.93. The lowest BCUT2D eigenvalue weighted by Crippen LogP contribution is -2.28. The predicted octanol–water partition coefficient (Wildman–Crippen LogP) is 1.97. The first-order valence-corrected chi connectivity index (χ1v) is 8.20. The second-order valence-corrected chi connectivity index (χ2v) is 6.17. The maximum atomic E-state index is 12.2. The summed E-state index contributed by atoms with van der Waals surface area (Å²) in [6.45, 7) is 1.92. The second kappa shape index (κ2) is 7.33. The zero-order valence-electron chi connectivity index (χ0n) is 14.3. The number of aryl methyl sites for hydroxylation is 1. The Kier molecular flexibility index (Phi) is 4.97. The van der Waals surface area contributed by atoms with Crippen LogP contribution in [0.25, 0.3) is 0 Å². The minimum atomic E-state index is -0.259. The summed E-state index contributed by atoms with van der Waals surface area (Å²) in [6, 6.07) is 5.54. The molecule has 132 valence electrons. The Balaban J connectivity index is 1.58. The molecule has 2 aromatic rings. The van der Waals surface area contributed by atoms with Gasteiger partial charge in [0.2, 0.25) is 11.8 Å². The minimum Gasteiger partial charge on any atom is -0.495 e. The van der Waals surface area contributed by atoms with Gasteiger partial charge in [-0.15, -0.1) is 5.10 Å². The molecule has 3 rings (SSSR count). The van der Waals surface area contributed by atoms with E-state index >= 15 is 0 Å². The number of nitrogens with zero attached hydrogens (tertiary/aromatic N) is 3. The average Bonchev–Trinajstić information content (AvgIpc) is 2.92. The Hall–Kier alpha value is -2.90. The van der Waals surface area contributed by atoms with E-state index in [9.17, 15) is 9.59 Å². The van der Waals surface area contributed by atoms with Gasteiger partial charge in [0, 0.05) is 5.92 Å². The molecule has 0 aliphatic heterocycles. The van der Waals surface area contributed by atoms with Crippen LogP contribution in [0.3, 0.4) is 0 Å². The predicted molar refractivity (Wildman–Crippen MR) is 92.4 cm³/mol. The number of amides is 2. The molecule has 1 fully saturated rings. The van der Waals surface area contributed by atoms with Gasteiger partial charge in [-0.05, 0) is 37.5 Å². The summed E-state index contributed by atoms with van der Waals surface area (Å²) in [5.41, 5.74) is 1.61. The fourth-order valence-electron chi connectivity index (χ4n) is 2.59. The molecule has 0 unspecified atom stereocenters. The fraction of sp³-hybridized carbons (Fsp3) is 0.412. The molecule has 2 amide bonds. The van der Waals surface area contributed by atoms with Gasteiger partial charge in [0.25, 0.3) is 0 Å². The van der Waals surface area contributed by atoms with Crippen LogP contribution in [-0.4, -0.2) is 33.9 Å². The minimum absolute atomic E-state index is 0.0105. The van der Waals surface area contributed by atoms with Crippen molar-refractivity contribution in [1.82, 2.24) is 15.0 Å². The van der Waals surface area contributed by atoms with Crippen molar-refractivity contribution in [2.24, 2.45) is 5.92 Å². The molecule has 1 heterocycles. The molecule has 2 N–H and O–H groups in total. The number of methoxy groups -OCH3 is 1. The largest absolute Gasteiger partial charge is 0.495 e. The van der Waals surface area contributed by atoms with Crippen molar-refractivity contribution in [1.29, 1.82) is 0 Å². The number of carbonyl (C=O) groups is 2. The van der Waals surface area contributed by atoms with Crippen LogP contribution < -0.4 is 15.4 Å². The van der Waals surface area contributed by atoms with E-state index in [4.69, 9.17) is 4.74 Å². The molecule has 0 atom stereocenters. The number of nitrogens with one attached hydrogen (secondary N) is 2. The van der Waals surface area contributed by atoms with Gasteiger partial charge in [-0.25, -0.2) is 4.68 Å². The van der Waals surface area contributed by atoms with E-state index in [2.05, 4.69) is 20.9 Å². The zero-order valence-corrected chi connectivity index (χ0v) is 14.3. The van der Waals surface area contributed by atoms with Gasteiger partial charge in [-0.3, -0.25) is 9.59 Å². The summed E-state index contributed by atoms with van der Waals surface area (Å²) in [5.74, 6) is 0.726. The van der Waals surface area contributed by atoms with E-state index < -0.39 is 0 Å². The zero-order chi connectivity index (χ0) is 17.8. The normalized spacial score (nSPS) is 13.8. The summed E-state index contributed by atoms with van der Waals surface area (Å²) in [4.78, 5) is 24.1. The lowest BCUT2D eigenvalue weighted by atomic mass is 9.85. The molecule has 1 aromatic heterocycles. The number of carbonyl (C=O) groups excluding carboxylic acids is 2. The lowest BCUT2D eigenvalue weighted by molar-refractivity contribution is -0.122. The Morgan fingerprint density at radius 3 is 2.80 bits per heavy atom. The Labute approximate surface area is 145 Å². The molecule has 0 saturated heterocycles. The quantitative estimate of drug-likeness (QED) is 0.835. The maximum absolute atomic E-state index is 12.2. The average molecular weight is 343 g/mol. The van der Waals surface area contributed by atoms with Crippen LogP contribution in [0.4, 0.5) is 11.5 Å². The van der Waals surface area contributed by atoms with E-state index in [0.29, 0.717) is 17.3 Å². The van der Waals surface area contributed by atoms with Gasteiger partial charge < -0.3 is 15.4 Å². The van der Waals surface area contributed by atoms with Crippen LogP contribution in [0.1, 0.15) is 24.8 Å². The molecule has 8 heteroatoms. The first kappa shape index (κ1) is 16.9. The van der Waals surface area contributed by atoms with Crippen LogP contribution in [0.2, 0.25) is 0 Å². The van der Waals surface area contributed by atoms with Gasteiger partial charge in [-0.1, -0.05) is 17.7 Å². The van der Waals surface area contributed by atoms with E-state index in [-0.39, 0.29) is 24.3 Å². The molecule has 0 spiro atoms. The smallest absolute Gasteiger partial charge is 0.246 e. The number of aromatic nitrogens is 3. The van der Waals surface area contributed by atoms with E-state index in [1.165, 1.54) is 4.68 Å². The molecule has 1 aromatic carbocycles. The number of benzene rings is 1. The maximum Gasteiger partial charge on any atom is 0.246 e. The van der Waals surface area contributed by atoms with E-state index in [1.807, 2.05) is 19.1 Å². The van der Waals surface area contributed by atoms with Gasteiger partial charge in [0.15, 0.2) is 5.82 Å². The van der Waals surface area contributed by atoms with Crippen molar-refractivity contribution in [2.75, 3.05) is 17.7 Å². The van der Waals surface area contributed by atoms with Crippen molar-refractivity contribution in [2.45, 2.75) is 32.7 Å². The Morgan fingerprint density at radius 2 is 2.12 bits per heavy atom. The number of anilines is 2. The monoisotopic (exact) mass is 343 g/mol. The van der Waals surface area contributed by atoms with Crippen molar-refractivity contribution >= 4 is 23.3 Å². The van der Waals surface area contributed by atoms with E-state index in [0.717, 1.165) is 24.8 Å². The first-order valence-electron chi connectivity index (χ1n) is 8.20. The van der Waals surface area contributed by atoms with Gasteiger partial charge in [0.05, 0.1) is 19.0 Å². The summed E-state index contributed by atoms with van der Waals surface area (Å²) < 4.78 is 6.62.